The molecule has 6 rings (SSSR count). The zero-order valence-corrected chi connectivity index (χ0v) is 31.7. The van der Waals surface area contributed by atoms with Gasteiger partial charge in [0.25, 0.3) is 11.6 Å². The van der Waals surface area contributed by atoms with Crippen molar-refractivity contribution < 1.29 is 33.6 Å². The van der Waals surface area contributed by atoms with Crippen molar-refractivity contribution in [2.45, 2.75) is 44.4 Å². The minimum atomic E-state index is -3.33. The molecule has 1 N–H and O–H groups in total. The van der Waals surface area contributed by atoms with E-state index in [0.717, 1.165) is 33.2 Å². The number of thioether (sulfide) groups is 1. The molecule has 0 spiro atoms. The van der Waals surface area contributed by atoms with Crippen LogP contribution >= 0.6 is 18.6 Å². The van der Waals surface area contributed by atoms with Crippen molar-refractivity contribution in [3.8, 4) is 0 Å². The van der Waals surface area contributed by atoms with Gasteiger partial charge in [0.05, 0.1) is 11.0 Å². The minimum absolute atomic E-state index is 0.0310. The summed E-state index contributed by atoms with van der Waals surface area (Å²) in [5.74, 6) is -1.38. The maximum Gasteiger partial charge on any atom is 0.408 e. The molecule has 0 unspecified atom stereocenters. The summed E-state index contributed by atoms with van der Waals surface area (Å²) in [5.41, 5.74) is 1.19. The highest BCUT2D eigenvalue weighted by atomic mass is 32.2. The van der Waals surface area contributed by atoms with Crippen LogP contribution in [0.15, 0.2) is 146 Å². The fraction of sp³-hybridized carbons (Fsp3) is 0.167. The lowest BCUT2D eigenvalue weighted by Crippen LogP contribution is -2.76. The normalized spacial score (nSPS) is 15.6. The molecule has 0 saturated carbocycles. The number of benzene rings is 5. The number of likely N-dealkylation sites (tertiary alicyclic amines) is 1. The molecule has 1 aliphatic heterocycles. The Morgan fingerprint density at radius 2 is 1.20 bits per heavy atom. The van der Waals surface area contributed by atoms with E-state index < -0.39 is 47.1 Å². The van der Waals surface area contributed by atoms with E-state index in [0.29, 0.717) is 5.56 Å². The van der Waals surface area contributed by atoms with E-state index in [9.17, 15) is 24.5 Å². The van der Waals surface area contributed by atoms with Gasteiger partial charge in [-0.2, -0.15) is 0 Å². The van der Waals surface area contributed by atoms with E-state index in [1.54, 1.807) is 6.92 Å². The highest BCUT2D eigenvalue weighted by Crippen LogP contribution is 2.49. The van der Waals surface area contributed by atoms with Crippen molar-refractivity contribution in [1.29, 1.82) is 0 Å². The van der Waals surface area contributed by atoms with E-state index in [1.165, 1.54) is 36.1 Å². The molecule has 13 heteroatoms. The van der Waals surface area contributed by atoms with Gasteiger partial charge in [-0.25, -0.2) is 9.59 Å². The van der Waals surface area contributed by atoms with Gasteiger partial charge in [0.2, 0.25) is 0 Å². The Balaban J connectivity index is 1.54. The number of alkyl carbamates (subject to hydrolysis) is 1. The van der Waals surface area contributed by atoms with Crippen LogP contribution < -0.4 is 21.2 Å². The smallest absolute Gasteiger partial charge is 0.408 e. The van der Waals surface area contributed by atoms with Crippen LogP contribution in [0.4, 0.5) is 10.5 Å². The fourth-order valence-corrected chi connectivity index (χ4v) is 12.0. The average molecular weight is 776 g/mol. The quantitative estimate of drug-likeness (QED) is 0.0506. The molecular weight excluding hydrogens is 738 g/mol. The molecule has 3 atom stereocenters. The van der Waals surface area contributed by atoms with Crippen LogP contribution in [-0.4, -0.2) is 55.7 Å². The summed E-state index contributed by atoms with van der Waals surface area (Å²) in [6, 6.07) is 41.0. The molecule has 55 heavy (non-hydrogen) atoms. The number of β-lactam (4-membered cyclic amide) rings is 1. The standard InChI is InChI=1S/C42H38N3O8PS/c1-29(55-30(2)46)38-37(43-42(49)53-28-31-15-7-3-8-16-31)39(47)44(38)40(41(48)52-27-32-23-25-33(26-24-32)45(50)51)54(34-17-9-4-10-18-34,35-19-11-5-12-20-35)36-21-13-6-14-22-36/h3-26,29,37-38H,27-28H2,1-2H3,(H,43,49)/t29-,37+,38+/m1/s1. The second-order valence-corrected chi connectivity index (χ2v) is 17.6. The third kappa shape index (κ3) is 8.41. The Morgan fingerprint density at radius 1 is 0.745 bits per heavy atom. The summed E-state index contributed by atoms with van der Waals surface area (Å²) in [7, 11) is 0. The van der Waals surface area contributed by atoms with Gasteiger partial charge in [-0.15, -0.1) is 0 Å². The molecule has 2 amide bonds. The van der Waals surface area contributed by atoms with Gasteiger partial charge >= 0.3 is 12.1 Å². The molecule has 0 aromatic heterocycles. The highest BCUT2D eigenvalue weighted by molar-refractivity contribution is 8.14. The van der Waals surface area contributed by atoms with Crippen LogP contribution in [0, 0.1) is 10.1 Å². The molecule has 0 radical (unpaired) electrons. The highest BCUT2D eigenvalue weighted by Gasteiger charge is 2.56. The van der Waals surface area contributed by atoms with Gasteiger partial charge in [-0.3, -0.25) is 24.6 Å². The molecule has 5 aromatic carbocycles. The van der Waals surface area contributed by atoms with Gasteiger partial charge in [0.15, 0.2) is 5.12 Å². The summed E-state index contributed by atoms with van der Waals surface area (Å²) in [6.45, 7) is -0.421. The van der Waals surface area contributed by atoms with Crippen molar-refractivity contribution in [2.75, 3.05) is 0 Å². The van der Waals surface area contributed by atoms with Crippen molar-refractivity contribution >= 4 is 68.8 Å². The van der Waals surface area contributed by atoms with E-state index in [2.05, 4.69) is 5.32 Å². The summed E-state index contributed by atoms with van der Waals surface area (Å²) < 4.78 is 11.6. The molecule has 11 nitrogen and oxygen atoms in total. The first kappa shape index (κ1) is 38.7. The Kier molecular flexibility index (Phi) is 12.3. The van der Waals surface area contributed by atoms with E-state index in [4.69, 9.17) is 9.47 Å². The summed E-state index contributed by atoms with van der Waals surface area (Å²) in [5, 5.41) is 15.5. The molecule has 1 fully saturated rings. The number of hydrogen-bond donors (Lipinski definition) is 1. The second-order valence-electron chi connectivity index (χ2n) is 12.7. The molecule has 0 bridgehead atoms. The Bertz CT molecular complexity index is 2120. The van der Waals surface area contributed by atoms with Crippen LogP contribution in [0.2, 0.25) is 0 Å². The van der Waals surface area contributed by atoms with Gasteiger partial charge < -0.3 is 14.8 Å². The maximum absolute atomic E-state index is 15.1. The van der Waals surface area contributed by atoms with Crippen molar-refractivity contribution in [3.05, 3.63) is 167 Å². The average Bonchev–Trinajstić information content (AvgIpc) is 3.21. The lowest BCUT2D eigenvalue weighted by atomic mass is 9.92. The minimum Gasteiger partial charge on any atom is -0.456 e. The Hall–Kier alpha value is -5.97. The Morgan fingerprint density at radius 3 is 1.67 bits per heavy atom. The lowest BCUT2D eigenvalue weighted by molar-refractivity contribution is -0.384. The number of amides is 2. The van der Waals surface area contributed by atoms with Gasteiger partial charge in [-0.1, -0.05) is 140 Å². The van der Waals surface area contributed by atoms with Crippen molar-refractivity contribution in [3.63, 3.8) is 0 Å². The number of carbonyl (C=O) groups is 4. The van der Waals surface area contributed by atoms with Crippen LogP contribution in [0.1, 0.15) is 25.0 Å². The van der Waals surface area contributed by atoms with Crippen LogP contribution in [0.25, 0.3) is 0 Å². The van der Waals surface area contributed by atoms with Crippen molar-refractivity contribution in [2.24, 2.45) is 0 Å². The van der Waals surface area contributed by atoms with E-state index in [1.807, 2.05) is 121 Å². The lowest BCUT2D eigenvalue weighted by Gasteiger charge is -2.51. The fourth-order valence-electron chi connectivity index (χ4n) is 6.70. The second kappa shape index (κ2) is 17.4. The zero-order valence-electron chi connectivity index (χ0n) is 30.0. The summed E-state index contributed by atoms with van der Waals surface area (Å²) >= 11 is 0.993. The number of non-ortho nitro benzene ring substituents is 1. The number of ether oxygens (including phenoxy) is 2. The first-order valence-electron chi connectivity index (χ1n) is 17.4. The number of nitro groups is 1. The van der Waals surface area contributed by atoms with Gasteiger partial charge in [-0.05, 0) is 39.2 Å². The summed E-state index contributed by atoms with van der Waals surface area (Å²) in [6.07, 6.45) is -0.829. The van der Waals surface area contributed by atoms with Crippen LogP contribution in [-0.2, 0) is 37.1 Å². The number of esters is 1. The van der Waals surface area contributed by atoms with Crippen LogP contribution in [0.3, 0.4) is 0 Å². The van der Waals surface area contributed by atoms with Gasteiger partial charge in [0, 0.05) is 31.2 Å². The molecular formula is C42H38N3O8PS. The molecule has 1 aliphatic rings. The third-order valence-electron chi connectivity index (χ3n) is 9.14. The molecule has 5 aromatic rings. The van der Waals surface area contributed by atoms with Gasteiger partial charge in [0.1, 0.15) is 24.7 Å². The number of nitro benzene ring substituents is 1. The first-order valence-corrected chi connectivity index (χ1v) is 20.1. The number of rotatable bonds is 13. The van der Waals surface area contributed by atoms with Crippen LogP contribution in [0.5, 0.6) is 0 Å². The molecule has 1 heterocycles. The molecule has 280 valence electrons. The number of nitrogens with one attached hydrogen (secondary N) is 1. The monoisotopic (exact) mass is 775 g/mol. The molecule has 0 aliphatic carbocycles. The first-order chi connectivity index (χ1) is 26.6. The topological polar surface area (TPSA) is 145 Å². The number of hydrogen-bond acceptors (Lipinski definition) is 9. The van der Waals surface area contributed by atoms with Crippen molar-refractivity contribution in [1.82, 2.24) is 10.2 Å². The predicted octanol–water partition coefficient (Wildman–Crippen LogP) is 5.94. The Labute approximate surface area is 322 Å². The molecule has 1 saturated heterocycles. The van der Waals surface area contributed by atoms with E-state index >= 15 is 4.79 Å². The van der Waals surface area contributed by atoms with E-state index in [-0.39, 0.29) is 29.4 Å². The predicted molar refractivity (Wildman–Crippen MR) is 215 cm³/mol. The maximum atomic E-state index is 15.1. The zero-order chi connectivity index (χ0) is 39.0. The summed E-state index contributed by atoms with van der Waals surface area (Å²) in [4.78, 5) is 67.8. The SMILES string of the molecule is CC(=O)S[C@H](C)[C@H]1[C@H](NC(=O)OCc2ccccc2)C(=O)N1C(C(=O)OCc1ccc([N+](=O)[O-])cc1)=P(c1ccccc1)(c1ccccc1)c1ccccc1. The third-order valence-corrected chi connectivity index (χ3v) is 14.4. The number of nitrogens with zero attached hydrogens (tertiary/aromatic N) is 2. The number of carbonyl (C=O) groups excluding carboxylic acids is 4. The largest absolute Gasteiger partial charge is 0.456 e.